The molecule has 0 aliphatic heterocycles. The van der Waals surface area contributed by atoms with Crippen LogP contribution in [0.25, 0.3) is 10.8 Å². The van der Waals surface area contributed by atoms with E-state index in [1.165, 1.54) is 24.3 Å². The SMILES string of the molecule is O=C1C(Cl)=C(Nc2ccc(S(=O)(=O)Nc3cccc4ccccc34)cc2)C(=O)c2ccccc21. The fourth-order valence-corrected chi connectivity index (χ4v) is 5.15. The summed E-state index contributed by atoms with van der Waals surface area (Å²) in [6, 6.07) is 25.2. The van der Waals surface area contributed by atoms with Gasteiger partial charge in [0.1, 0.15) is 10.7 Å². The molecule has 0 radical (unpaired) electrons. The molecule has 5 rings (SSSR count). The van der Waals surface area contributed by atoms with Gasteiger partial charge in [0.2, 0.25) is 11.6 Å². The van der Waals surface area contributed by atoms with Crippen LogP contribution >= 0.6 is 11.6 Å². The van der Waals surface area contributed by atoms with Gasteiger partial charge in [-0.1, -0.05) is 72.3 Å². The number of Topliss-reactive ketones (excluding diaryl/α,β-unsaturated/α-hetero) is 2. The Morgan fingerprint density at radius 1 is 0.676 bits per heavy atom. The summed E-state index contributed by atoms with van der Waals surface area (Å²) >= 11 is 6.19. The molecule has 168 valence electrons. The Morgan fingerprint density at radius 3 is 2.03 bits per heavy atom. The fraction of sp³-hybridized carbons (Fsp3) is 0. The van der Waals surface area contributed by atoms with E-state index < -0.39 is 21.6 Å². The molecule has 0 amide bonds. The summed E-state index contributed by atoms with van der Waals surface area (Å²) < 4.78 is 28.6. The van der Waals surface area contributed by atoms with Crippen molar-refractivity contribution in [2.24, 2.45) is 0 Å². The first-order chi connectivity index (χ1) is 16.3. The highest BCUT2D eigenvalue weighted by Crippen LogP contribution is 2.30. The zero-order valence-electron chi connectivity index (χ0n) is 17.6. The first-order valence-electron chi connectivity index (χ1n) is 10.3. The summed E-state index contributed by atoms with van der Waals surface area (Å²) in [5.41, 5.74) is 1.36. The van der Waals surface area contributed by atoms with Gasteiger partial charge in [-0.05, 0) is 35.7 Å². The van der Waals surface area contributed by atoms with E-state index in [0.29, 0.717) is 11.4 Å². The van der Waals surface area contributed by atoms with Crippen molar-refractivity contribution in [3.8, 4) is 0 Å². The lowest BCUT2D eigenvalue weighted by Crippen LogP contribution is -2.24. The van der Waals surface area contributed by atoms with E-state index in [-0.39, 0.29) is 26.8 Å². The van der Waals surface area contributed by atoms with Crippen molar-refractivity contribution >= 4 is 55.3 Å². The lowest BCUT2D eigenvalue weighted by molar-refractivity contribution is 0.0982. The number of halogens is 1. The minimum Gasteiger partial charge on any atom is -0.351 e. The monoisotopic (exact) mass is 488 g/mol. The highest BCUT2D eigenvalue weighted by atomic mass is 35.5. The molecule has 4 aromatic carbocycles. The van der Waals surface area contributed by atoms with Crippen molar-refractivity contribution in [2.75, 3.05) is 10.0 Å². The van der Waals surface area contributed by atoms with E-state index in [2.05, 4.69) is 10.0 Å². The van der Waals surface area contributed by atoms with Gasteiger partial charge in [0.25, 0.3) is 10.0 Å². The van der Waals surface area contributed by atoms with Crippen LogP contribution in [0.15, 0.2) is 107 Å². The minimum atomic E-state index is -3.86. The van der Waals surface area contributed by atoms with E-state index in [1.54, 1.807) is 36.4 Å². The van der Waals surface area contributed by atoms with Crippen molar-refractivity contribution in [2.45, 2.75) is 4.90 Å². The third kappa shape index (κ3) is 3.85. The van der Waals surface area contributed by atoms with Crippen LogP contribution in [0.5, 0.6) is 0 Å². The van der Waals surface area contributed by atoms with Gasteiger partial charge in [0.05, 0.1) is 10.6 Å². The van der Waals surface area contributed by atoms with Crippen LogP contribution in [0.4, 0.5) is 11.4 Å². The van der Waals surface area contributed by atoms with Gasteiger partial charge in [-0.3, -0.25) is 14.3 Å². The molecule has 8 heteroatoms. The van der Waals surface area contributed by atoms with Crippen LogP contribution in [0.1, 0.15) is 20.7 Å². The third-order valence-electron chi connectivity index (χ3n) is 5.53. The summed E-state index contributed by atoms with van der Waals surface area (Å²) in [6.45, 7) is 0. The Morgan fingerprint density at radius 2 is 1.29 bits per heavy atom. The molecule has 0 spiro atoms. The van der Waals surface area contributed by atoms with Gasteiger partial charge in [0, 0.05) is 22.2 Å². The molecule has 0 bridgehead atoms. The number of carbonyl (C=O) groups is 2. The van der Waals surface area contributed by atoms with Gasteiger partial charge in [-0.2, -0.15) is 0 Å². The van der Waals surface area contributed by atoms with Crippen molar-refractivity contribution in [3.63, 3.8) is 0 Å². The van der Waals surface area contributed by atoms with Gasteiger partial charge >= 0.3 is 0 Å². The summed E-state index contributed by atoms with van der Waals surface area (Å²) in [7, 11) is -3.86. The normalized spacial score (nSPS) is 13.7. The highest BCUT2D eigenvalue weighted by molar-refractivity contribution is 7.92. The maximum Gasteiger partial charge on any atom is 0.261 e. The minimum absolute atomic E-state index is 0.0439. The zero-order valence-corrected chi connectivity index (χ0v) is 19.2. The molecule has 0 saturated heterocycles. The third-order valence-corrected chi connectivity index (χ3v) is 7.27. The number of allylic oxidation sites excluding steroid dienone is 2. The Hall–Kier alpha value is -3.94. The molecular weight excluding hydrogens is 472 g/mol. The molecule has 2 N–H and O–H groups in total. The van der Waals surface area contributed by atoms with Crippen molar-refractivity contribution in [1.29, 1.82) is 0 Å². The molecule has 34 heavy (non-hydrogen) atoms. The second-order valence-electron chi connectivity index (χ2n) is 7.67. The number of benzene rings is 4. The van der Waals surface area contributed by atoms with Crippen LogP contribution in [0.3, 0.4) is 0 Å². The molecule has 0 unspecified atom stereocenters. The van der Waals surface area contributed by atoms with E-state index >= 15 is 0 Å². The topological polar surface area (TPSA) is 92.3 Å². The molecule has 1 aliphatic rings. The number of hydrogen-bond donors (Lipinski definition) is 2. The maximum atomic E-state index is 13.0. The predicted molar refractivity (Wildman–Crippen MR) is 133 cm³/mol. The molecule has 4 aromatic rings. The largest absolute Gasteiger partial charge is 0.351 e. The Labute approximate surface area is 200 Å². The number of rotatable bonds is 5. The van der Waals surface area contributed by atoms with Crippen LogP contribution in [-0.2, 0) is 10.0 Å². The second-order valence-corrected chi connectivity index (χ2v) is 9.73. The Kier molecular flexibility index (Phi) is 5.43. The van der Waals surface area contributed by atoms with E-state index in [0.717, 1.165) is 10.8 Å². The first kappa shape index (κ1) is 21.9. The van der Waals surface area contributed by atoms with Crippen LogP contribution in [0.2, 0.25) is 0 Å². The van der Waals surface area contributed by atoms with Gasteiger partial charge in [0.15, 0.2) is 0 Å². The summed E-state index contributed by atoms with van der Waals surface area (Å²) in [4.78, 5) is 25.4. The average molecular weight is 489 g/mol. The zero-order chi connectivity index (χ0) is 23.9. The Balaban J connectivity index is 1.40. The van der Waals surface area contributed by atoms with Gasteiger partial charge in [-0.25, -0.2) is 8.42 Å². The number of anilines is 2. The predicted octanol–water partition coefficient (Wildman–Crippen LogP) is 5.58. The number of sulfonamides is 1. The van der Waals surface area contributed by atoms with E-state index in [1.807, 2.05) is 30.3 Å². The quantitative estimate of drug-likeness (QED) is 0.382. The Bertz CT molecular complexity index is 1600. The molecule has 0 fully saturated rings. The van der Waals surface area contributed by atoms with Crippen molar-refractivity contribution in [3.05, 3.63) is 113 Å². The number of carbonyl (C=O) groups excluding carboxylic acids is 2. The number of ketones is 2. The molecule has 6 nitrogen and oxygen atoms in total. The van der Waals surface area contributed by atoms with Crippen LogP contribution in [-0.4, -0.2) is 20.0 Å². The number of nitrogens with one attached hydrogen (secondary N) is 2. The van der Waals surface area contributed by atoms with E-state index in [9.17, 15) is 18.0 Å². The van der Waals surface area contributed by atoms with Gasteiger partial charge in [-0.15, -0.1) is 0 Å². The lowest BCUT2D eigenvalue weighted by Gasteiger charge is -2.19. The van der Waals surface area contributed by atoms with Crippen molar-refractivity contribution in [1.82, 2.24) is 0 Å². The van der Waals surface area contributed by atoms with E-state index in [4.69, 9.17) is 11.6 Å². The first-order valence-corrected chi connectivity index (χ1v) is 12.2. The van der Waals surface area contributed by atoms with Crippen molar-refractivity contribution < 1.29 is 18.0 Å². The number of fused-ring (bicyclic) bond motifs is 2. The fourth-order valence-electron chi connectivity index (χ4n) is 3.84. The summed E-state index contributed by atoms with van der Waals surface area (Å²) in [5.74, 6) is -0.854. The molecule has 1 aliphatic carbocycles. The summed E-state index contributed by atoms with van der Waals surface area (Å²) in [5, 5.41) is 4.36. The smallest absolute Gasteiger partial charge is 0.261 e. The maximum absolute atomic E-state index is 13.0. The second kappa shape index (κ2) is 8.44. The standard InChI is InChI=1S/C26H17ClN2O4S/c27-23-24(26(31)21-10-4-3-9-20(21)25(23)30)28-17-12-14-18(15-13-17)34(32,33)29-22-11-5-7-16-6-1-2-8-19(16)22/h1-15,28-29H. The molecule has 0 heterocycles. The molecule has 0 atom stereocenters. The highest BCUT2D eigenvalue weighted by Gasteiger charge is 2.31. The molecular formula is C26H17ClN2O4S. The van der Waals surface area contributed by atoms with Crippen LogP contribution < -0.4 is 10.0 Å². The van der Waals surface area contributed by atoms with Crippen LogP contribution in [0, 0.1) is 0 Å². The molecule has 0 aromatic heterocycles. The number of hydrogen-bond acceptors (Lipinski definition) is 5. The molecule has 0 saturated carbocycles. The summed E-state index contributed by atoms with van der Waals surface area (Å²) in [6.07, 6.45) is 0. The lowest BCUT2D eigenvalue weighted by atomic mass is 9.92. The van der Waals surface area contributed by atoms with Gasteiger partial charge < -0.3 is 5.32 Å². The average Bonchev–Trinajstić information content (AvgIpc) is 2.86.